The number of hydrogen-bond acceptors (Lipinski definition) is 3. The Morgan fingerprint density at radius 2 is 2.07 bits per heavy atom. The van der Waals surface area contributed by atoms with E-state index in [9.17, 15) is 4.79 Å². The van der Waals surface area contributed by atoms with Crippen LogP contribution in [0.25, 0.3) is 0 Å². The van der Waals surface area contributed by atoms with Crippen LogP contribution < -0.4 is 16.0 Å². The van der Waals surface area contributed by atoms with E-state index in [1.54, 1.807) is 19.3 Å². The molecule has 0 radical (unpaired) electrons. The zero-order chi connectivity index (χ0) is 19.8. The molecule has 3 N–H and O–H groups in total. The van der Waals surface area contributed by atoms with Crippen molar-refractivity contribution in [3.63, 3.8) is 0 Å². The Morgan fingerprint density at radius 1 is 1.21 bits per heavy atom. The van der Waals surface area contributed by atoms with E-state index in [2.05, 4.69) is 25.9 Å². The first-order chi connectivity index (χ1) is 13.6. The van der Waals surface area contributed by atoms with Gasteiger partial charge in [0.05, 0.1) is 0 Å². The summed E-state index contributed by atoms with van der Waals surface area (Å²) in [7, 11) is 1.74. The van der Waals surface area contributed by atoms with Gasteiger partial charge in [0, 0.05) is 37.9 Å². The van der Waals surface area contributed by atoms with Crippen LogP contribution in [0.15, 0.2) is 47.6 Å². The average molecular weight is 400 g/mol. The summed E-state index contributed by atoms with van der Waals surface area (Å²) in [4.78, 5) is 20.4. The molecule has 1 aliphatic rings. The summed E-state index contributed by atoms with van der Waals surface area (Å²) < 4.78 is 0. The lowest BCUT2D eigenvalue weighted by Gasteiger charge is -2.24. The van der Waals surface area contributed by atoms with Gasteiger partial charge >= 0.3 is 0 Å². The van der Waals surface area contributed by atoms with Crippen LogP contribution in [0.3, 0.4) is 0 Å². The Morgan fingerprint density at radius 3 is 2.75 bits per heavy atom. The number of aliphatic imine (C=N–C) groups is 1. The predicted octanol–water partition coefficient (Wildman–Crippen LogP) is 3.38. The smallest absolute Gasteiger partial charge is 0.227 e. The maximum absolute atomic E-state index is 12.1. The number of amides is 1. The quantitative estimate of drug-likeness (QED) is 0.379. The van der Waals surface area contributed by atoms with Gasteiger partial charge in [-0.1, -0.05) is 36.2 Å². The van der Waals surface area contributed by atoms with E-state index in [1.165, 1.54) is 0 Å². The predicted molar refractivity (Wildman–Crippen MR) is 114 cm³/mol. The minimum atomic E-state index is 0.130. The lowest BCUT2D eigenvalue weighted by Crippen LogP contribution is -2.37. The molecule has 1 aromatic carbocycles. The summed E-state index contributed by atoms with van der Waals surface area (Å²) in [5.74, 6) is 1.04. The van der Waals surface area contributed by atoms with Crippen molar-refractivity contribution in [3.8, 4) is 0 Å². The largest absolute Gasteiger partial charge is 0.356 e. The third-order valence-electron chi connectivity index (χ3n) is 4.85. The first-order valence-corrected chi connectivity index (χ1v) is 9.96. The number of halogens is 1. The van der Waals surface area contributed by atoms with Crippen LogP contribution in [0.1, 0.15) is 30.4 Å². The number of aromatic nitrogens is 1. The number of hydrogen-bond donors (Lipinski definition) is 3. The van der Waals surface area contributed by atoms with Crippen molar-refractivity contribution >= 4 is 29.2 Å². The molecule has 0 saturated heterocycles. The second-order valence-corrected chi connectivity index (χ2v) is 7.30. The highest BCUT2D eigenvalue weighted by molar-refractivity contribution is 6.29. The van der Waals surface area contributed by atoms with Gasteiger partial charge in [0.25, 0.3) is 0 Å². The van der Waals surface area contributed by atoms with Gasteiger partial charge in [0.2, 0.25) is 5.91 Å². The van der Waals surface area contributed by atoms with Crippen molar-refractivity contribution in [3.05, 3.63) is 58.9 Å². The molecular formula is C21H26ClN5O. The summed E-state index contributed by atoms with van der Waals surface area (Å²) in [6, 6.07) is 11.7. The maximum atomic E-state index is 12.1. The van der Waals surface area contributed by atoms with Crippen molar-refractivity contribution in [2.24, 2.45) is 10.9 Å². The summed E-state index contributed by atoms with van der Waals surface area (Å²) in [5.41, 5.74) is 3.04. The summed E-state index contributed by atoms with van der Waals surface area (Å²) in [6.45, 7) is 1.36. The van der Waals surface area contributed by atoms with Gasteiger partial charge < -0.3 is 16.0 Å². The number of pyridine rings is 1. The number of carbonyl (C=O) groups is 1. The number of carbonyl (C=O) groups excluding carboxylic acids is 1. The summed E-state index contributed by atoms with van der Waals surface area (Å²) >= 11 is 5.80. The fourth-order valence-electron chi connectivity index (χ4n) is 2.96. The van der Waals surface area contributed by atoms with Crippen molar-refractivity contribution in [2.75, 3.05) is 18.9 Å². The van der Waals surface area contributed by atoms with E-state index in [-0.39, 0.29) is 11.8 Å². The third-order valence-corrected chi connectivity index (χ3v) is 5.07. The van der Waals surface area contributed by atoms with Crippen LogP contribution in [0.4, 0.5) is 5.69 Å². The Hall–Kier alpha value is -2.60. The van der Waals surface area contributed by atoms with E-state index in [0.29, 0.717) is 11.7 Å². The number of rotatable bonds is 7. The van der Waals surface area contributed by atoms with Gasteiger partial charge in [-0.2, -0.15) is 0 Å². The topological polar surface area (TPSA) is 78.4 Å². The molecule has 0 atom stereocenters. The first-order valence-electron chi connectivity index (χ1n) is 9.59. The number of nitrogens with one attached hydrogen (secondary N) is 3. The molecule has 1 saturated carbocycles. The monoisotopic (exact) mass is 399 g/mol. The molecule has 0 bridgehead atoms. The van der Waals surface area contributed by atoms with E-state index >= 15 is 0 Å². The molecule has 7 heteroatoms. The minimum absolute atomic E-state index is 0.130. The fourth-order valence-corrected chi connectivity index (χ4v) is 3.07. The zero-order valence-electron chi connectivity index (χ0n) is 16.0. The van der Waals surface area contributed by atoms with Gasteiger partial charge in [-0.05, 0) is 48.6 Å². The Bertz CT molecular complexity index is 818. The lowest BCUT2D eigenvalue weighted by molar-refractivity contribution is -0.122. The van der Waals surface area contributed by atoms with Crippen molar-refractivity contribution in [1.82, 2.24) is 15.6 Å². The van der Waals surface area contributed by atoms with Crippen LogP contribution in [0.5, 0.6) is 0 Å². The Kier molecular flexibility index (Phi) is 7.25. The second-order valence-electron chi connectivity index (χ2n) is 6.91. The summed E-state index contributed by atoms with van der Waals surface area (Å²) in [6.07, 6.45) is 5.77. The maximum Gasteiger partial charge on any atom is 0.227 e. The van der Waals surface area contributed by atoms with E-state index in [0.717, 1.165) is 55.0 Å². The molecule has 1 amide bonds. The standard InChI is InChI=1S/C21H26ClN5O/c1-23-21(24-11-10-15-8-9-19(22)25-13-15)26-14-16-4-2-7-18(12-16)27-20(28)17-5-3-6-17/h2,4,7-9,12-13,17H,3,5-6,10-11,14H2,1H3,(H,27,28)(H2,23,24,26). The highest BCUT2D eigenvalue weighted by Crippen LogP contribution is 2.27. The van der Waals surface area contributed by atoms with E-state index < -0.39 is 0 Å². The first kappa shape index (κ1) is 20.1. The van der Waals surface area contributed by atoms with Crippen LogP contribution in [-0.2, 0) is 17.8 Å². The van der Waals surface area contributed by atoms with Gasteiger partial charge in [0.15, 0.2) is 5.96 Å². The number of anilines is 1. The van der Waals surface area contributed by atoms with Crippen LogP contribution >= 0.6 is 11.6 Å². The minimum Gasteiger partial charge on any atom is -0.356 e. The van der Waals surface area contributed by atoms with Gasteiger partial charge in [0.1, 0.15) is 5.15 Å². The van der Waals surface area contributed by atoms with Crippen LogP contribution in [0, 0.1) is 5.92 Å². The van der Waals surface area contributed by atoms with Gasteiger partial charge in [-0.15, -0.1) is 0 Å². The molecule has 0 unspecified atom stereocenters. The highest BCUT2D eigenvalue weighted by atomic mass is 35.5. The molecule has 0 spiro atoms. The van der Waals surface area contributed by atoms with Crippen LogP contribution in [0.2, 0.25) is 5.15 Å². The van der Waals surface area contributed by atoms with Crippen molar-refractivity contribution in [2.45, 2.75) is 32.2 Å². The normalized spacial score (nSPS) is 14.3. The molecule has 2 aromatic rings. The molecule has 1 fully saturated rings. The average Bonchev–Trinajstić information content (AvgIpc) is 2.65. The Balaban J connectivity index is 1.44. The second kappa shape index (κ2) is 10.1. The molecule has 1 heterocycles. The highest BCUT2D eigenvalue weighted by Gasteiger charge is 2.25. The fraction of sp³-hybridized carbons (Fsp3) is 0.381. The molecule has 3 rings (SSSR count). The molecular weight excluding hydrogens is 374 g/mol. The molecule has 1 aliphatic carbocycles. The van der Waals surface area contributed by atoms with Gasteiger partial charge in [-0.3, -0.25) is 9.79 Å². The molecule has 28 heavy (non-hydrogen) atoms. The number of guanidine groups is 1. The van der Waals surface area contributed by atoms with E-state index in [1.807, 2.05) is 30.3 Å². The van der Waals surface area contributed by atoms with Crippen LogP contribution in [-0.4, -0.2) is 30.4 Å². The lowest BCUT2D eigenvalue weighted by atomic mass is 9.85. The van der Waals surface area contributed by atoms with E-state index in [4.69, 9.17) is 11.6 Å². The SMILES string of the molecule is CN=C(NCCc1ccc(Cl)nc1)NCc1cccc(NC(=O)C2CCC2)c1. The molecule has 0 aliphatic heterocycles. The molecule has 1 aromatic heterocycles. The molecule has 148 valence electrons. The number of benzene rings is 1. The number of nitrogens with zero attached hydrogens (tertiary/aromatic N) is 2. The Labute approximate surface area is 170 Å². The molecule has 6 nitrogen and oxygen atoms in total. The zero-order valence-corrected chi connectivity index (χ0v) is 16.8. The third kappa shape index (κ3) is 5.96. The summed E-state index contributed by atoms with van der Waals surface area (Å²) in [5, 5.41) is 10.1. The van der Waals surface area contributed by atoms with Crippen molar-refractivity contribution < 1.29 is 4.79 Å². The van der Waals surface area contributed by atoms with Gasteiger partial charge in [-0.25, -0.2) is 4.98 Å². The van der Waals surface area contributed by atoms with Crippen molar-refractivity contribution in [1.29, 1.82) is 0 Å².